The van der Waals surface area contributed by atoms with Gasteiger partial charge in [-0.05, 0) is 73.2 Å². The number of para-hydroxylation sites is 1. The number of hydrogen-bond acceptors (Lipinski definition) is 5. The second-order valence-corrected chi connectivity index (χ2v) is 11.3. The van der Waals surface area contributed by atoms with Gasteiger partial charge in [0.05, 0.1) is 17.0 Å². The van der Waals surface area contributed by atoms with Crippen molar-refractivity contribution in [2.24, 2.45) is 0 Å². The first-order chi connectivity index (χ1) is 17.4. The fourth-order valence-electron chi connectivity index (χ4n) is 4.85. The van der Waals surface area contributed by atoms with Crippen molar-refractivity contribution >= 4 is 32.6 Å². The predicted octanol–water partition coefficient (Wildman–Crippen LogP) is 5.67. The predicted molar refractivity (Wildman–Crippen MR) is 139 cm³/mol. The van der Waals surface area contributed by atoms with Crippen molar-refractivity contribution in [2.45, 2.75) is 25.2 Å². The summed E-state index contributed by atoms with van der Waals surface area (Å²) < 4.78 is 39.1. The number of anilines is 1. The van der Waals surface area contributed by atoms with E-state index in [-0.39, 0.29) is 11.7 Å². The maximum Gasteiger partial charge on any atom is 0.255 e. The number of carbonyl (C=O) groups excluding carboxylic acids is 1. The maximum absolute atomic E-state index is 13.0. The second-order valence-electron chi connectivity index (χ2n) is 9.25. The minimum Gasteiger partial charge on any atom is -0.457 e. The van der Waals surface area contributed by atoms with E-state index >= 15 is 0 Å². The fourth-order valence-corrected chi connectivity index (χ4v) is 6.43. The molecule has 6 rings (SSSR count). The molecule has 3 aromatic carbocycles. The molecular formula is C28H26N2O5S. The first-order valence-electron chi connectivity index (χ1n) is 12.1. The topological polar surface area (TPSA) is 88.8 Å². The number of nitrogens with one attached hydrogen (secondary N) is 1. The third-order valence-electron chi connectivity index (χ3n) is 6.77. The number of furan rings is 1. The van der Waals surface area contributed by atoms with Gasteiger partial charge in [-0.2, -0.15) is 0 Å². The highest BCUT2D eigenvalue weighted by Crippen LogP contribution is 2.48. The second kappa shape index (κ2) is 8.71. The third-order valence-corrected chi connectivity index (χ3v) is 8.63. The van der Waals surface area contributed by atoms with Gasteiger partial charge in [0.1, 0.15) is 22.8 Å². The highest BCUT2D eigenvalue weighted by atomic mass is 32.2. The highest BCUT2D eigenvalue weighted by Gasteiger charge is 2.36. The van der Waals surface area contributed by atoms with Gasteiger partial charge < -0.3 is 14.5 Å². The van der Waals surface area contributed by atoms with Crippen LogP contribution in [0.3, 0.4) is 0 Å². The summed E-state index contributed by atoms with van der Waals surface area (Å²) in [5.74, 6) is 2.04. The van der Waals surface area contributed by atoms with Crippen LogP contribution in [0.5, 0.6) is 11.5 Å². The van der Waals surface area contributed by atoms with E-state index < -0.39 is 10.0 Å². The lowest BCUT2D eigenvalue weighted by Crippen LogP contribution is -2.26. The van der Waals surface area contributed by atoms with Crippen LogP contribution in [0.2, 0.25) is 0 Å². The summed E-state index contributed by atoms with van der Waals surface area (Å²) >= 11 is 0. The zero-order valence-electron chi connectivity index (χ0n) is 19.9. The number of sulfonamides is 1. The van der Waals surface area contributed by atoms with Gasteiger partial charge in [-0.3, -0.25) is 9.10 Å². The molecule has 36 heavy (non-hydrogen) atoms. The van der Waals surface area contributed by atoms with E-state index in [0.717, 1.165) is 29.7 Å². The minimum atomic E-state index is -3.35. The Hall–Kier alpha value is -3.78. The van der Waals surface area contributed by atoms with Crippen LogP contribution >= 0.6 is 0 Å². The lowest BCUT2D eigenvalue weighted by Gasteiger charge is -2.20. The summed E-state index contributed by atoms with van der Waals surface area (Å²) in [7, 11) is -1.75. The average Bonchev–Trinajstić information content (AvgIpc) is 3.58. The number of nitrogens with zero attached hydrogens (tertiary/aromatic N) is 1. The normalized spacial score (nSPS) is 16.9. The molecule has 7 nitrogen and oxygen atoms in total. The molecular weight excluding hydrogens is 476 g/mol. The summed E-state index contributed by atoms with van der Waals surface area (Å²) in [6, 6.07) is 20.6. The van der Waals surface area contributed by atoms with Gasteiger partial charge in [-0.25, -0.2) is 8.42 Å². The number of carbonyl (C=O) groups is 1. The number of rotatable bonds is 6. The van der Waals surface area contributed by atoms with Crippen molar-refractivity contribution < 1.29 is 22.4 Å². The Balaban J connectivity index is 1.46. The van der Waals surface area contributed by atoms with Crippen LogP contribution in [-0.4, -0.2) is 33.7 Å². The molecule has 8 heteroatoms. The highest BCUT2D eigenvalue weighted by molar-refractivity contribution is 7.93. The maximum atomic E-state index is 13.0. The van der Waals surface area contributed by atoms with Crippen molar-refractivity contribution in [3.05, 3.63) is 77.9 Å². The van der Waals surface area contributed by atoms with E-state index in [1.807, 2.05) is 60.7 Å². The van der Waals surface area contributed by atoms with Crippen molar-refractivity contribution in [3.8, 4) is 22.8 Å². The Morgan fingerprint density at radius 2 is 1.75 bits per heavy atom. The molecule has 0 spiro atoms. The number of benzene rings is 3. The molecule has 4 aromatic rings. The first-order valence-corrected chi connectivity index (χ1v) is 13.7. The van der Waals surface area contributed by atoms with Gasteiger partial charge in [0.25, 0.3) is 5.91 Å². The molecule has 0 radical (unpaired) electrons. The van der Waals surface area contributed by atoms with Crippen molar-refractivity contribution in [3.63, 3.8) is 0 Å². The average molecular weight is 503 g/mol. The Morgan fingerprint density at radius 3 is 2.39 bits per heavy atom. The molecule has 1 saturated carbocycles. The first kappa shape index (κ1) is 22.7. The quantitative estimate of drug-likeness (QED) is 0.367. The van der Waals surface area contributed by atoms with E-state index in [4.69, 9.17) is 9.15 Å². The fraction of sp³-hybridized carbons (Fsp3) is 0.250. The largest absolute Gasteiger partial charge is 0.457 e. The lowest BCUT2D eigenvalue weighted by atomic mass is 10.0. The summed E-state index contributed by atoms with van der Waals surface area (Å²) in [4.78, 5) is 13.0. The van der Waals surface area contributed by atoms with Gasteiger partial charge in [0.2, 0.25) is 10.0 Å². The molecule has 1 aliphatic heterocycles. The molecule has 0 atom stereocenters. The lowest BCUT2D eigenvalue weighted by molar-refractivity contribution is 0.0964. The molecule has 0 unspecified atom stereocenters. The zero-order valence-corrected chi connectivity index (χ0v) is 20.7. The number of hydrogen-bond donors (Lipinski definition) is 1. The van der Waals surface area contributed by atoms with E-state index in [1.165, 1.54) is 4.31 Å². The van der Waals surface area contributed by atoms with Crippen LogP contribution in [0.15, 0.2) is 71.1 Å². The van der Waals surface area contributed by atoms with Gasteiger partial charge >= 0.3 is 0 Å². The summed E-state index contributed by atoms with van der Waals surface area (Å²) in [6.45, 7) is 0.465. The summed E-state index contributed by atoms with van der Waals surface area (Å²) in [5, 5.41) is 3.42. The summed E-state index contributed by atoms with van der Waals surface area (Å²) in [5.41, 5.74) is 3.32. The number of ether oxygens (including phenoxy) is 1. The summed E-state index contributed by atoms with van der Waals surface area (Å²) in [6.07, 6.45) is 2.62. The van der Waals surface area contributed by atoms with Crippen LogP contribution in [0, 0.1) is 0 Å². The van der Waals surface area contributed by atoms with Gasteiger partial charge in [-0.1, -0.05) is 18.2 Å². The molecule has 2 heterocycles. The van der Waals surface area contributed by atoms with Crippen molar-refractivity contribution in [1.82, 2.24) is 5.32 Å². The van der Waals surface area contributed by atoms with E-state index in [1.54, 1.807) is 13.1 Å². The number of amides is 1. The van der Waals surface area contributed by atoms with Crippen LogP contribution in [-0.2, 0) is 10.0 Å². The minimum absolute atomic E-state index is 0.152. The molecule has 2 aliphatic rings. The van der Waals surface area contributed by atoms with Crippen LogP contribution < -0.4 is 14.4 Å². The standard InChI is InChI=1S/C28H26N2O5S/c1-29-28(31)26-23-16-22(18-8-9-18)24(30-14-5-15-36(30,32)33)17-25(23)35-27(26)19-10-12-21(13-11-19)34-20-6-3-2-4-7-20/h2-4,6-7,10-13,16-18H,5,8-9,14-15H2,1H3,(H,29,31). The molecule has 1 aliphatic carbocycles. The molecule has 1 aromatic heterocycles. The Morgan fingerprint density at radius 1 is 1.03 bits per heavy atom. The molecule has 184 valence electrons. The third kappa shape index (κ3) is 4.01. The zero-order chi connectivity index (χ0) is 24.9. The van der Waals surface area contributed by atoms with Gasteiger partial charge in [-0.15, -0.1) is 0 Å². The van der Waals surface area contributed by atoms with E-state index in [2.05, 4.69) is 5.32 Å². The molecule has 2 fully saturated rings. The van der Waals surface area contributed by atoms with Gasteiger partial charge in [0.15, 0.2) is 0 Å². The van der Waals surface area contributed by atoms with Crippen LogP contribution in [0.1, 0.15) is 41.1 Å². The Kier molecular flexibility index (Phi) is 5.48. The van der Waals surface area contributed by atoms with Crippen LogP contribution in [0.4, 0.5) is 5.69 Å². The molecule has 1 saturated heterocycles. The van der Waals surface area contributed by atoms with Gasteiger partial charge in [0, 0.05) is 30.6 Å². The number of fused-ring (bicyclic) bond motifs is 1. The Bertz CT molecular complexity index is 1560. The Labute approximate surface area is 209 Å². The molecule has 1 N–H and O–H groups in total. The van der Waals surface area contributed by atoms with E-state index in [0.29, 0.717) is 52.6 Å². The van der Waals surface area contributed by atoms with E-state index in [9.17, 15) is 13.2 Å². The smallest absolute Gasteiger partial charge is 0.255 e. The molecule has 1 amide bonds. The van der Waals surface area contributed by atoms with Crippen molar-refractivity contribution in [2.75, 3.05) is 23.7 Å². The van der Waals surface area contributed by atoms with Crippen molar-refractivity contribution in [1.29, 1.82) is 0 Å². The monoisotopic (exact) mass is 502 g/mol. The molecule has 0 bridgehead atoms. The SMILES string of the molecule is CNC(=O)c1c(-c2ccc(Oc3ccccc3)cc2)oc2cc(N3CCCS3(=O)=O)c(C3CC3)cc12. The van der Waals surface area contributed by atoms with Crippen LogP contribution in [0.25, 0.3) is 22.3 Å².